The van der Waals surface area contributed by atoms with E-state index in [0.717, 1.165) is 12.8 Å². The molecule has 0 fully saturated rings. The Balaban J connectivity index is 3.88. The Kier molecular flexibility index (Phi) is 6.34. The molecule has 15 heavy (non-hydrogen) atoms. The van der Waals surface area contributed by atoms with Crippen LogP contribution in [0, 0.1) is 0 Å². The SMILES string of the molecule is CCNCCNS(=O)(=O)CCS(C)(=O)=O. The Hall–Kier alpha value is -0.180. The molecule has 0 aliphatic carbocycles. The first-order valence-electron chi connectivity index (χ1n) is 4.62. The van der Waals surface area contributed by atoms with Gasteiger partial charge in [0.1, 0.15) is 9.84 Å². The third-order valence-corrected chi connectivity index (χ3v) is 4.19. The van der Waals surface area contributed by atoms with Gasteiger partial charge in [-0.2, -0.15) is 0 Å². The van der Waals surface area contributed by atoms with Gasteiger partial charge in [-0.3, -0.25) is 0 Å². The molecule has 0 radical (unpaired) electrons. The third-order valence-electron chi connectivity index (χ3n) is 1.60. The molecular formula is C7H18N2O4S2. The van der Waals surface area contributed by atoms with Gasteiger partial charge in [-0.25, -0.2) is 21.6 Å². The Morgan fingerprint density at radius 1 is 1.00 bits per heavy atom. The molecule has 0 rings (SSSR count). The van der Waals surface area contributed by atoms with E-state index in [-0.39, 0.29) is 18.1 Å². The molecule has 0 unspecified atom stereocenters. The van der Waals surface area contributed by atoms with Crippen LogP contribution in [-0.4, -0.2) is 54.2 Å². The summed E-state index contributed by atoms with van der Waals surface area (Å²) in [6.45, 7) is 3.50. The topological polar surface area (TPSA) is 92.3 Å². The summed E-state index contributed by atoms with van der Waals surface area (Å²) >= 11 is 0. The lowest BCUT2D eigenvalue weighted by molar-refractivity contribution is 0.575. The van der Waals surface area contributed by atoms with Crippen LogP contribution in [0.2, 0.25) is 0 Å². The molecule has 6 nitrogen and oxygen atoms in total. The highest BCUT2D eigenvalue weighted by Crippen LogP contribution is 1.89. The number of hydrogen-bond acceptors (Lipinski definition) is 5. The summed E-state index contributed by atoms with van der Waals surface area (Å²) in [7, 11) is -6.69. The Labute approximate surface area is 91.4 Å². The monoisotopic (exact) mass is 258 g/mol. The van der Waals surface area contributed by atoms with E-state index in [2.05, 4.69) is 10.0 Å². The van der Waals surface area contributed by atoms with E-state index in [1.54, 1.807) is 0 Å². The van der Waals surface area contributed by atoms with Crippen molar-refractivity contribution in [2.24, 2.45) is 0 Å². The average molecular weight is 258 g/mol. The highest BCUT2D eigenvalue weighted by Gasteiger charge is 2.13. The molecule has 0 saturated carbocycles. The minimum atomic E-state index is -3.46. The van der Waals surface area contributed by atoms with Gasteiger partial charge in [-0.05, 0) is 6.54 Å². The fraction of sp³-hybridized carbons (Fsp3) is 1.00. The van der Waals surface area contributed by atoms with Crippen LogP contribution in [0.3, 0.4) is 0 Å². The zero-order chi connectivity index (χ0) is 11.9. The summed E-state index contributed by atoms with van der Waals surface area (Å²) < 4.78 is 46.3. The van der Waals surface area contributed by atoms with E-state index >= 15 is 0 Å². The van der Waals surface area contributed by atoms with Crippen molar-refractivity contribution in [2.75, 3.05) is 37.4 Å². The lowest BCUT2D eigenvalue weighted by Gasteiger charge is -2.05. The number of hydrogen-bond donors (Lipinski definition) is 2. The van der Waals surface area contributed by atoms with Crippen LogP contribution in [0.5, 0.6) is 0 Å². The highest BCUT2D eigenvalue weighted by molar-refractivity contribution is 7.93. The second kappa shape index (κ2) is 6.41. The first kappa shape index (κ1) is 14.8. The van der Waals surface area contributed by atoms with Gasteiger partial charge in [0.25, 0.3) is 0 Å². The molecule has 0 atom stereocenters. The van der Waals surface area contributed by atoms with Crippen LogP contribution in [0.25, 0.3) is 0 Å². The van der Waals surface area contributed by atoms with Crippen molar-refractivity contribution >= 4 is 19.9 Å². The maximum Gasteiger partial charge on any atom is 0.212 e. The Bertz CT molecular complexity index is 360. The average Bonchev–Trinajstić information content (AvgIpc) is 2.09. The molecule has 0 aliphatic rings. The first-order valence-corrected chi connectivity index (χ1v) is 8.34. The van der Waals surface area contributed by atoms with E-state index in [9.17, 15) is 16.8 Å². The van der Waals surface area contributed by atoms with E-state index in [4.69, 9.17) is 0 Å². The molecule has 0 saturated heterocycles. The largest absolute Gasteiger partial charge is 0.316 e. The van der Waals surface area contributed by atoms with E-state index < -0.39 is 19.9 Å². The zero-order valence-corrected chi connectivity index (χ0v) is 10.6. The van der Waals surface area contributed by atoms with Crippen LogP contribution in [0.15, 0.2) is 0 Å². The number of sulfone groups is 1. The molecule has 0 aromatic heterocycles. The smallest absolute Gasteiger partial charge is 0.212 e. The van der Waals surface area contributed by atoms with Crippen LogP contribution in [0.4, 0.5) is 0 Å². The maximum atomic E-state index is 11.2. The predicted molar refractivity (Wildman–Crippen MR) is 60.0 cm³/mol. The number of nitrogens with one attached hydrogen (secondary N) is 2. The van der Waals surface area contributed by atoms with Gasteiger partial charge < -0.3 is 5.32 Å². The second-order valence-corrected chi connectivity index (χ2v) is 7.38. The summed E-state index contributed by atoms with van der Waals surface area (Å²) in [6.07, 6.45) is 1.02. The molecule has 0 spiro atoms. The van der Waals surface area contributed by atoms with Crippen molar-refractivity contribution in [3.63, 3.8) is 0 Å². The molecule has 0 amide bonds. The van der Waals surface area contributed by atoms with Gasteiger partial charge in [0.2, 0.25) is 10.0 Å². The fourth-order valence-corrected chi connectivity index (χ4v) is 3.45. The van der Waals surface area contributed by atoms with Crippen LogP contribution >= 0.6 is 0 Å². The van der Waals surface area contributed by atoms with Gasteiger partial charge in [0.15, 0.2) is 0 Å². The summed E-state index contributed by atoms with van der Waals surface area (Å²) in [5, 5.41) is 2.95. The molecule has 8 heteroatoms. The normalized spacial score (nSPS) is 12.9. The van der Waals surface area contributed by atoms with Gasteiger partial charge >= 0.3 is 0 Å². The molecule has 0 aromatic rings. The molecule has 0 aromatic carbocycles. The Morgan fingerprint density at radius 3 is 2.07 bits per heavy atom. The van der Waals surface area contributed by atoms with Crippen molar-refractivity contribution in [3.05, 3.63) is 0 Å². The standard InChI is InChI=1S/C7H18N2O4S2/c1-3-8-4-5-9-15(12,13)7-6-14(2,10)11/h8-9H,3-7H2,1-2H3. The summed E-state index contributed by atoms with van der Waals surface area (Å²) in [6, 6.07) is 0. The van der Waals surface area contributed by atoms with E-state index in [0.29, 0.717) is 6.54 Å². The number of likely N-dealkylation sites (N-methyl/N-ethyl adjacent to an activating group) is 1. The Morgan fingerprint density at radius 2 is 1.60 bits per heavy atom. The lowest BCUT2D eigenvalue weighted by atomic mass is 10.6. The minimum Gasteiger partial charge on any atom is -0.316 e. The van der Waals surface area contributed by atoms with Crippen LogP contribution in [-0.2, 0) is 19.9 Å². The fourth-order valence-electron chi connectivity index (χ4n) is 0.805. The number of rotatable bonds is 8. The van der Waals surface area contributed by atoms with Crippen molar-refractivity contribution in [2.45, 2.75) is 6.92 Å². The molecule has 0 aliphatic heterocycles. The van der Waals surface area contributed by atoms with E-state index in [1.165, 1.54) is 0 Å². The quantitative estimate of drug-likeness (QED) is 0.520. The lowest BCUT2D eigenvalue weighted by Crippen LogP contribution is -2.34. The predicted octanol–water partition coefficient (Wildman–Crippen LogP) is -1.44. The van der Waals surface area contributed by atoms with Gasteiger partial charge in [0.05, 0.1) is 11.5 Å². The van der Waals surface area contributed by atoms with Gasteiger partial charge in [-0.1, -0.05) is 6.92 Å². The minimum absolute atomic E-state index is 0.278. The molecule has 92 valence electrons. The van der Waals surface area contributed by atoms with E-state index in [1.807, 2.05) is 6.92 Å². The summed E-state index contributed by atoms with van der Waals surface area (Å²) in [5.41, 5.74) is 0. The molecular weight excluding hydrogens is 240 g/mol. The van der Waals surface area contributed by atoms with Crippen molar-refractivity contribution in [1.29, 1.82) is 0 Å². The van der Waals surface area contributed by atoms with Gasteiger partial charge in [0, 0.05) is 19.3 Å². The first-order chi connectivity index (χ1) is 6.77. The van der Waals surface area contributed by atoms with Gasteiger partial charge in [-0.15, -0.1) is 0 Å². The second-order valence-electron chi connectivity index (χ2n) is 3.20. The molecule has 0 heterocycles. The third kappa shape index (κ3) is 10.1. The van der Waals surface area contributed by atoms with Crippen molar-refractivity contribution < 1.29 is 16.8 Å². The van der Waals surface area contributed by atoms with Crippen LogP contribution < -0.4 is 10.0 Å². The maximum absolute atomic E-state index is 11.2. The van der Waals surface area contributed by atoms with Crippen LogP contribution in [0.1, 0.15) is 6.92 Å². The molecule has 0 bridgehead atoms. The zero-order valence-electron chi connectivity index (χ0n) is 8.99. The summed E-state index contributed by atoms with van der Waals surface area (Å²) in [5.74, 6) is -0.721. The molecule has 2 N–H and O–H groups in total. The number of sulfonamides is 1. The summed E-state index contributed by atoms with van der Waals surface area (Å²) in [4.78, 5) is 0. The highest BCUT2D eigenvalue weighted by atomic mass is 32.2. The van der Waals surface area contributed by atoms with Crippen molar-refractivity contribution in [1.82, 2.24) is 10.0 Å². The van der Waals surface area contributed by atoms with Crippen molar-refractivity contribution in [3.8, 4) is 0 Å².